The minimum atomic E-state index is 0.308. The molecule has 1 aliphatic heterocycles. The summed E-state index contributed by atoms with van der Waals surface area (Å²) >= 11 is 0. The van der Waals surface area contributed by atoms with Gasteiger partial charge in [-0.05, 0) is 44.4 Å². The Labute approximate surface area is 127 Å². The van der Waals surface area contributed by atoms with Gasteiger partial charge in [0.25, 0.3) is 0 Å². The first-order valence-corrected chi connectivity index (χ1v) is 8.51. The van der Waals surface area contributed by atoms with Crippen LogP contribution in [-0.4, -0.2) is 34.8 Å². The normalized spacial score (nSPS) is 27.7. The molecule has 0 spiro atoms. The molecule has 3 heteroatoms. The molecule has 0 N–H and O–H groups in total. The molecule has 1 aliphatic carbocycles. The van der Waals surface area contributed by atoms with Crippen molar-refractivity contribution in [3.8, 4) is 0 Å². The van der Waals surface area contributed by atoms with E-state index in [-0.39, 0.29) is 0 Å². The highest BCUT2D eigenvalue weighted by molar-refractivity contribution is 5.82. The molecular formula is C18H26N2O. The summed E-state index contributed by atoms with van der Waals surface area (Å²) in [5, 5.41) is 0. The molecule has 0 aromatic carbocycles. The van der Waals surface area contributed by atoms with Gasteiger partial charge in [-0.2, -0.15) is 0 Å². The number of ketones is 1. The number of Topliss-reactive ketones (excluding diaryl/α,β-unsaturated/α-hetero) is 1. The molecule has 2 atom stereocenters. The van der Waals surface area contributed by atoms with Crippen LogP contribution < -0.4 is 0 Å². The number of nitrogens with zero attached hydrogens (tertiary/aromatic N) is 2. The molecular weight excluding hydrogens is 260 g/mol. The molecule has 1 saturated heterocycles. The van der Waals surface area contributed by atoms with Crippen molar-refractivity contribution in [2.75, 3.05) is 13.1 Å². The van der Waals surface area contributed by atoms with E-state index in [1.54, 1.807) is 0 Å². The molecule has 1 aromatic rings. The molecule has 3 nitrogen and oxygen atoms in total. The van der Waals surface area contributed by atoms with E-state index >= 15 is 0 Å². The maximum Gasteiger partial charge on any atom is 0.137 e. The summed E-state index contributed by atoms with van der Waals surface area (Å²) < 4.78 is 0. The zero-order valence-corrected chi connectivity index (χ0v) is 12.8. The lowest BCUT2D eigenvalue weighted by Gasteiger charge is -2.41. The van der Waals surface area contributed by atoms with Crippen LogP contribution in [0.4, 0.5) is 0 Å². The van der Waals surface area contributed by atoms with Gasteiger partial charge in [-0.25, -0.2) is 0 Å². The smallest absolute Gasteiger partial charge is 0.137 e. The molecule has 2 fully saturated rings. The summed E-state index contributed by atoms with van der Waals surface area (Å²) in [6, 6.07) is 6.62. The fourth-order valence-corrected chi connectivity index (χ4v) is 3.97. The average Bonchev–Trinajstić information content (AvgIpc) is 2.55. The summed E-state index contributed by atoms with van der Waals surface area (Å²) in [4.78, 5) is 19.3. The Bertz CT molecular complexity index is 460. The van der Waals surface area contributed by atoms with Gasteiger partial charge < -0.3 is 0 Å². The molecule has 1 saturated carbocycles. The number of carbonyl (C=O) groups excluding carboxylic acids is 1. The van der Waals surface area contributed by atoms with Gasteiger partial charge in [0.1, 0.15) is 5.78 Å². The van der Waals surface area contributed by atoms with Gasteiger partial charge >= 0.3 is 0 Å². The highest BCUT2D eigenvalue weighted by Gasteiger charge is 2.35. The van der Waals surface area contributed by atoms with E-state index < -0.39 is 0 Å². The predicted octanol–water partition coefficient (Wildman–Crippen LogP) is 3.24. The van der Waals surface area contributed by atoms with Crippen molar-refractivity contribution in [1.82, 2.24) is 9.88 Å². The van der Waals surface area contributed by atoms with Crippen molar-refractivity contribution in [3.63, 3.8) is 0 Å². The fourth-order valence-electron chi connectivity index (χ4n) is 3.97. The monoisotopic (exact) mass is 286 g/mol. The number of aromatic nitrogens is 1. The SMILES string of the molecule is O=C1CCCCC1C1CCCCN1CCc1ccccn1. The Hall–Kier alpha value is -1.22. The predicted molar refractivity (Wildman–Crippen MR) is 84.1 cm³/mol. The van der Waals surface area contributed by atoms with E-state index in [0.717, 1.165) is 44.5 Å². The third-order valence-electron chi connectivity index (χ3n) is 5.11. The van der Waals surface area contributed by atoms with Crippen LogP contribution in [0.1, 0.15) is 50.6 Å². The van der Waals surface area contributed by atoms with Gasteiger partial charge in [-0.15, -0.1) is 0 Å². The average molecular weight is 286 g/mol. The van der Waals surface area contributed by atoms with Gasteiger partial charge in [-0.1, -0.05) is 18.9 Å². The van der Waals surface area contributed by atoms with E-state index in [4.69, 9.17) is 0 Å². The standard InChI is InChI=1S/C18H26N2O/c21-18-10-2-1-8-16(18)17-9-4-6-13-20(17)14-11-15-7-3-5-12-19-15/h3,5,7,12,16-17H,1-2,4,6,8-11,13-14H2. The van der Waals surface area contributed by atoms with Crippen LogP contribution >= 0.6 is 0 Å². The van der Waals surface area contributed by atoms with Gasteiger partial charge in [0, 0.05) is 43.2 Å². The van der Waals surface area contributed by atoms with E-state index in [1.807, 2.05) is 12.3 Å². The highest BCUT2D eigenvalue weighted by Crippen LogP contribution is 2.31. The number of carbonyl (C=O) groups is 1. The van der Waals surface area contributed by atoms with Crippen LogP contribution in [0, 0.1) is 5.92 Å². The second kappa shape index (κ2) is 7.17. The summed E-state index contributed by atoms with van der Waals surface area (Å²) in [6.07, 6.45) is 10.9. The number of hydrogen-bond acceptors (Lipinski definition) is 3. The number of rotatable bonds is 4. The number of likely N-dealkylation sites (tertiary alicyclic amines) is 1. The van der Waals surface area contributed by atoms with E-state index in [9.17, 15) is 4.79 Å². The highest BCUT2D eigenvalue weighted by atomic mass is 16.1. The summed E-state index contributed by atoms with van der Waals surface area (Å²) in [6.45, 7) is 2.20. The molecule has 0 amide bonds. The van der Waals surface area contributed by atoms with Crippen LogP contribution in [-0.2, 0) is 11.2 Å². The van der Waals surface area contributed by atoms with E-state index in [2.05, 4.69) is 22.0 Å². The van der Waals surface area contributed by atoms with E-state index in [0.29, 0.717) is 17.7 Å². The van der Waals surface area contributed by atoms with Crippen LogP contribution in [0.2, 0.25) is 0 Å². The quantitative estimate of drug-likeness (QED) is 0.852. The summed E-state index contributed by atoms with van der Waals surface area (Å²) in [5.74, 6) is 0.832. The molecule has 2 heterocycles. The first-order valence-electron chi connectivity index (χ1n) is 8.51. The second-order valence-corrected chi connectivity index (χ2v) is 6.49. The van der Waals surface area contributed by atoms with Crippen molar-refractivity contribution < 1.29 is 4.79 Å². The minimum Gasteiger partial charge on any atom is -0.299 e. The fraction of sp³-hybridized carbons (Fsp3) is 0.667. The van der Waals surface area contributed by atoms with Gasteiger partial charge in [0.15, 0.2) is 0 Å². The Kier molecular flexibility index (Phi) is 5.02. The van der Waals surface area contributed by atoms with Crippen molar-refractivity contribution in [1.29, 1.82) is 0 Å². The van der Waals surface area contributed by atoms with Crippen molar-refractivity contribution in [2.24, 2.45) is 5.92 Å². The van der Waals surface area contributed by atoms with Crippen LogP contribution in [0.3, 0.4) is 0 Å². The molecule has 2 unspecified atom stereocenters. The summed E-state index contributed by atoms with van der Waals surface area (Å²) in [7, 11) is 0. The minimum absolute atomic E-state index is 0.308. The molecule has 2 aliphatic rings. The Morgan fingerprint density at radius 1 is 1.14 bits per heavy atom. The lowest BCUT2D eigenvalue weighted by Crippen LogP contribution is -2.48. The molecule has 3 rings (SSSR count). The Morgan fingerprint density at radius 3 is 2.86 bits per heavy atom. The van der Waals surface area contributed by atoms with Crippen molar-refractivity contribution in [3.05, 3.63) is 30.1 Å². The van der Waals surface area contributed by atoms with Crippen LogP contribution in [0.15, 0.2) is 24.4 Å². The van der Waals surface area contributed by atoms with Crippen LogP contribution in [0.5, 0.6) is 0 Å². The largest absolute Gasteiger partial charge is 0.299 e. The van der Waals surface area contributed by atoms with Crippen LogP contribution in [0.25, 0.3) is 0 Å². The lowest BCUT2D eigenvalue weighted by atomic mass is 9.79. The number of piperidine rings is 1. The third kappa shape index (κ3) is 3.70. The second-order valence-electron chi connectivity index (χ2n) is 6.49. The molecule has 1 aromatic heterocycles. The van der Waals surface area contributed by atoms with Gasteiger partial charge in [-0.3, -0.25) is 14.7 Å². The number of hydrogen-bond donors (Lipinski definition) is 0. The Balaban J connectivity index is 1.62. The van der Waals surface area contributed by atoms with Crippen molar-refractivity contribution in [2.45, 2.75) is 57.4 Å². The molecule has 114 valence electrons. The molecule has 0 radical (unpaired) electrons. The zero-order chi connectivity index (χ0) is 14.5. The topological polar surface area (TPSA) is 33.2 Å². The lowest BCUT2D eigenvalue weighted by molar-refractivity contribution is -0.127. The van der Waals surface area contributed by atoms with Gasteiger partial charge in [0.2, 0.25) is 0 Å². The van der Waals surface area contributed by atoms with Gasteiger partial charge in [0.05, 0.1) is 0 Å². The van der Waals surface area contributed by atoms with E-state index in [1.165, 1.54) is 25.7 Å². The first-order chi connectivity index (χ1) is 10.3. The maximum atomic E-state index is 12.3. The number of pyridine rings is 1. The molecule has 21 heavy (non-hydrogen) atoms. The van der Waals surface area contributed by atoms with Crippen molar-refractivity contribution >= 4 is 5.78 Å². The maximum absolute atomic E-state index is 12.3. The third-order valence-corrected chi connectivity index (χ3v) is 5.11. The summed E-state index contributed by atoms with van der Waals surface area (Å²) in [5.41, 5.74) is 1.16. The zero-order valence-electron chi connectivity index (χ0n) is 12.8. The molecule has 0 bridgehead atoms. The Morgan fingerprint density at radius 2 is 2.05 bits per heavy atom. The first kappa shape index (κ1) is 14.7.